The maximum atomic E-state index is 10.7. The SMILES string of the molecule is Cl.N=C(N)n1nnccc1=O. The molecule has 11 heavy (non-hydrogen) atoms. The fraction of sp³-hybridized carbons (Fsp3) is 0. The zero-order chi connectivity index (χ0) is 7.56. The number of aromatic nitrogens is 3. The molecule has 0 aliphatic heterocycles. The van der Waals surface area contributed by atoms with Gasteiger partial charge in [0.25, 0.3) is 5.56 Å². The van der Waals surface area contributed by atoms with Gasteiger partial charge >= 0.3 is 0 Å². The third kappa shape index (κ3) is 2.01. The predicted molar refractivity (Wildman–Crippen MR) is 40.9 cm³/mol. The molecule has 0 radical (unpaired) electrons. The van der Waals surface area contributed by atoms with E-state index in [1.54, 1.807) is 0 Å². The van der Waals surface area contributed by atoms with Gasteiger partial charge in [-0.25, -0.2) is 0 Å². The van der Waals surface area contributed by atoms with E-state index in [0.717, 1.165) is 0 Å². The molecular weight excluding hydrogens is 170 g/mol. The molecule has 0 spiro atoms. The van der Waals surface area contributed by atoms with Gasteiger partial charge in [-0.1, -0.05) is 5.21 Å². The summed E-state index contributed by atoms with van der Waals surface area (Å²) < 4.78 is 0.694. The molecule has 0 bridgehead atoms. The van der Waals surface area contributed by atoms with Crippen LogP contribution in [-0.4, -0.2) is 21.0 Å². The summed E-state index contributed by atoms with van der Waals surface area (Å²) in [7, 11) is 0. The number of rotatable bonds is 0. The molecular formula is C4H6ClN5O. The van der Waals surface area contributed by atoms with Crippen LogP contribution in [0.25, 0.3) is 0 Å². The number of nitrogen functional groups attached to an aromatic ring is 1. The van der Waals surface area contributed by atoms with Crippen molar-refractivity contribution < 1.29 is 0 Å². The maximum absolute atomic E-state index is 10.7. The third-order valence-corrected chi connectivity index (χ3v) is 0.862. The lowest BCUT2D eigenvalue weighted by Gasteiger charge is -1.94. The molecule has 1 aromatic rings. The Kier molecular flexibility index (Phi) is 3.19. The first kappa shape index (κ1) is 9.57. The van der Waals surface area contributed by atoms with E-state index < -0.39 is 11.5 Å². The average Bonchev–Trinajstić information content (AvgIpc) is 1.88. The van der Waals surface area contributed by atoms with Gasteiger partial charge in [0, 0.05) is 6.07 Å². The highest BCUT2D eigenvalue weighted by Crippen LogP contribution is 1.64. The second kappa shape index (κ2) is 3.67. The molecule has 6 nitrogen and oxygen atoms in total. The van der Waals surface area contributed by atoms with E-state index in [4.69, 9.17) is 11.1 Å². The summed E-state index contributed by atoms with van der Waals surface area (Å²) in [6, 6.07) is 1.18. The molecule has 60 valence electrons. The van der Waals surface area contributed by atoms with Gasteiger partial charge in [0.1, 0.15) is 0 Å². The molecule has 0 saturated heterocycles. The molecule has 3 N–H and O–H groups in total. The van der Waals surface area contributed by atoms with Gasteiger partial charge in [-0.3, -0.25) is 10.2 Å². The molecule has 1 rings (SSSR count). The van der Waals surface area contributed by atoms with E-state index in [2.05, 4.69) is 10.3 Å². The van der Waals surface area contributed by atoms with Gasteiger partial charge in [-0.05, 0) is 0 Å². The van der Waals surface area contributed by atoms with Crippen molar-refractivity contribution in [3.05, 3.63) is 22.6 Å². The Morgan fingerprint density at radius 1 is 1.73 bits per heavy atom. The van der Waals surface area contributed by atoms with Crippen molar-refractivity contribution in [2.75, 3.05) is 0 Å². The third-order valence-electron chi connectivity index (χ3n) is 0.862. The number of nitrogens with one attached hydrogen (secondary N) is 1. The highest BCUT2D eigenvalue weighted by Gasteiger charge is 1.95. The first-order chi connectivity index (χ1) is 4.72. The number of nitrogens with zero attached hydrogens (tertiary/aromatic N) is 3. The molecule has 0 amide bonds. The molecule has 1 aromatic heterocycles. The van der Waals surface area contributed by atoms with Crippen LogP contribution < -0.4 is 11.3 Å². The van der Waals surface area contributed by atoms with E-state index in [0.29, 0.717) is 4.68 Å². The molecule has 1 heterocycles. The number of hydrogen-bond donors (Lipinski definition) is 2. The smallest absolute Gasteiger partial charge is 0.277 e. The highest BCUT2D eigenvalue weighted by atomic mass is 35.5. The normalized spacial score (nSPS) is 8.36. The second-order valence-electron chi connectivity index (χ2n) is 1.56. The molecule has 0 atom stereocenters. The summed E-state index contributed by atoms with van der Waals surface area (Å²) in [5.74, 6) is -0.432. The summed E-state index contributed by atoms with van der Waals surface area (Å²) in [6.07, 6.45) is 1.24. The van der Waals surface area contributed by atoms with Crippen LogP contribution in [0.5, 0.6) is 0 Å². The van der Waals surface area contributed by atoms with Crippen LogP contribution in [0.1, 0.15) is 0 Å². The van der Waals surface area contributed by atoms with Crippen LogP contribution in [0.4, 0.5) is 0 Å². The largest absolute Gasteiger partial charge is 0.368 e. The summed E-state index contributed by atoms with van der Waals surface area (Å²) in [5, 5.41) is 13.5. The van der Waals surface area contributed by atoms with Gasteiger partial charge < -0.3 is 5.73 Å². The van der Waals surface area contributed by atoms with Gasteiger partial charge in [-0.15, -0.1) is 22.2 Å². The first-order valence-corrected chi connectivity index (χ1v) is 2.47. The maximum Gasteiger partial charge on any atom is 0.277 e. The first-order valence-electron chi connectivity index (χ1n) is 2.47. The van der Waals surface area contributed by atoms with Crippen LogP contribution in [0.2, 0.25) is 0 Å². The Morgan fingerprint density at radius 3 is 2.73 bits per heavy atom. The minimum absolute atomic E-state index is 0. The van der Waals surface area contributed by atoms with E-state index in [-0.39, 0.29) is 12.4 Å². The van der Waals surface area contributed by atoms with Crippen LogP contribution in [0.3, 0.4) is 0 Å². The van der Waals surface area contributed by atoms with Gasteiger partial charge in [0.15, 0.2) is 0 Å². The number of halogens is 1. The van der Waals surface area contributed by atoms with Crippen molar-refractivity contribution in [1.29, 1.82) is 5.41 Å². The van der Waals surface area contributed by atoms with E-state index >= 15 is 0 Å². The van der Waals surface area contributed by atoms with Crippen molar-refractivity contribution in [3.8, 4) is 0 Å². The van der Waals surface area contributed by atoms with Crippen molar-refractivity contribution in [2.24, 2.45) is 5.73 Å². The number of hydrogen-bond acceptors (Lipinski definition) is 4. The zero-order valence-corrected chi connectivity index (χ0v) is 6.21. The summed E-state index contributed by atoms with van der Waals surface area (Å²) in [6.45, 7) is 0. The lowest BCUT2D eigenvalue weighted by Crippen LogP contribution is -2.34. The molecule has 0 saturated carbocycles. The van der Waals surface area contributed by atoms with Crippen molar-refractivity contribution in [2.45, 2.75) is 0 Å². The summed E-state index contributed by atoms with van der Waals surface area (Å²) >= 11 is 0. The summed E-state index contributed by atoms with van der Waals surface area (Å²) in [4.78, 5) is 10.7. The molecule has 0 aromatic carbocycles. The Morgan fingerprint density at radius 2 is 2.36 bits per heavy atom. The molecule has 7 heteroatoms. The van der Waals surface area contributed by atoms with Crippen LogP contribution >= 0.6 is 12.4 Å². The molecule has 0 unspecified atom stereocenters. The van der Waals surface area contributed by atoms with Crippen molar-refractivity contribution in [3.63, 3.8) is 0 Å². The van der Waals surface area contributed by atoms with Crippen LogP contribution in [0, 0.1) is 5.41 Å². The summed E-state index contributed by atoms with van der Waals surface area (Å²) in [5.41, 5.74) is 4.50. The Labute approximate surface area is 67.9 Å². The van der Waals surface area contributed by atoms with E-state index in [1.807, 2.05) is 0 Å². The van der Waals surface area contributed by atoms with Crippen LogP contribution in [0.15, 0.2) is 17.1 Å². The fourth-order valence-corrected chi connectivity index (χ4v) is 0.460. The lowest BCUT2D eigenvalue weighted by atomic mass is 10.7. The quantitative estimate of drug-likeness (QED) is 0.382. The Hall–Kier alpha value is -1.43. The Bertz CT molecular complexity index is 307. The molecule has 0 fully saturated rings. The highest BCUT2D eigenvalue weighted by molar-refractivity contribution is 5.85. The van der Waals surface area contributed by atoms with Gasteiger partial charge in [0.2, 0.25) is 5.96 Å². The average molecular weight is 176 g/mol. The van der Waals surface area contributed by atoms with E-state index in [1.165, 1.54) is 12.3 Å². The predicted octanol–water partition coefficient (Wildman–Crippen LogP) is -1.20. The van der Waals surface area contributed by atoms with Gasteiger partial charge in [-0.2, -0.15) is 0 Å². The zero-order valence-electron chi connectivity index (χ0n) is 5.39. The number of nitrogens with two attached hydrogens (primary N) is 1. The molecule has 0 aliphatic carbocycles. The Balaban J connectivity index is 0.000001000. The lowest BCUT2D eigenvalue weighted by molar-refractivity contribution is 0.740. The standard InChI is InChI=1S/C4H5N5O.ClH/c5-4(6)9-3(10)1-2-7-8-9;/h1-2H,(H3,5,6);1H. The topological polar surface area (TPSA) is 97.7 Å². The van der Waals surface area contributed by atoms with Crippen LogP contribution in [-0.2, 0) is 0 Å². The molecule has 0 aliphatic rings. The van der Waals surface area contributed by atoms with Crippen molar-refractivity contribution >= 4 is 18.4 Å². The minimum atomic E-state index is -0.456. The van der Waals surface area contributed by atoms with Crippen molar-refractivity contribution in [1.82, 2.24) is 15.0 Å². The minimum Gasteiger partial charge on any atom is -0.368 e. The monoisotopic (exact) mass is 175 g/mol. The van der Waals surface area contributed by atoms with E-state index in [9.17, 15) is 4.79 Å². The second-order valence-corrected chi connectivity index (χ2v) is 1.56. The fourth-order valence-electron chi connectivity index (χ4n) is 0.460. The van der Waals surface area contributed by atoms with Gasteiger partial charge in [0.05, 0.1) is 6.20 Å².